The molecule has 0 aliphatic rings. The zero-order valence-electron chi connectivity index (χ0n) is 13.7. The van der Waals surface area contributed by atoms with Crippen molar-refractivity contribution in [3.05, 3.63) is 59.9 Å². The number of rotatable bonds is 4. The minimum Gasteiger partial charge on any atom is -0.444 e. The normalized spacial score (nSPS) is 10.8. The summed E-state index contributed by atoms with van der Waals surface area (Å²) in [4.78, 5) is 40.5. The largest absolute Gasteiger partial charge is 0.444 e. The molecule has 0 atom stereocenters. The molecule has 0 radical (unpaired) electrons. The summed E-state index contributed by atoms with van der Waals surface area (Å²) in [7, 11) is 0. The van der Waals surface area contributed by atoms with E-state index in [-0.39, 0.29) is 16.9 Å². The van der Waals surface area contributed by atoms with Crippen LogP contribution >= 0.6 is 0 Å². The number of Topliss-reactive ketones (excluding diaryl/α,β-unsaturated/α-hetero) is 2. The van der Waals surface area contributed by atoms with Gasteiger partial charge in [-0.3, -0.25) is 19.9 Å². The maximum absolute atomic E-state index is 12.5. The molecule has 24 heavy (non-hydrogen) atoms. The quantitative estimate of drug-likeness (QED) is 0.686. The summed E-state index contributed by atoms with van der Waals surface area (Å²) in [6.07, 6.45) is 0.735. The molecule has 1 heterocycles. The Bertz CT molecular complexity index is 764. The van der Waals surface area contributed by atoms with Crippen molar-refractivity contribution in [1.29, 1.82) is 0 Å². The highest BCUT2D eigenvalue weighted by Gasteiger charge is 2.23. The van der Waals surface area contributed by atoms with Gasteiger partial charge in [0, 0.05) is 11.8 Å². The highest BCUT2D eigenvalue weighted by atomic mass is 16.6. The van der Waals surface area contributed by atoms with Gasteiger partial charge in [-0.25, -0.2) is 4.79 Å². The predicted octanol–water partition coefficient (Wildman–Crippen LogP) is 3.49. The third-order valence-corrected chi connectivity index (χ3v) is 2.91. The molecule has 0 saturated carbocycles. The molecule has 1 aromatic carbocycles. The lowest BCUT2D eigenvalue weighted by Crippen LogP contribution is -2.28. The van der Waals surface area contributed by atoms with Crippen molar-refractivity contribution < 1.29 is 19.1 Å². The van der Waals surface area contributed by atoms with Gasteiger partial charge in [0.1, 0.15) is 11.3 Å². The van der Waals surface area contributed by atoms with Crippen molar-refractivity contribution in [2.24, 2.45) is 0 Å². The Balaban J connectivity index is 2.24. The summed E-state index contributed by atoms with van der Waals surface area (Å²) >= 11 is 0. The summed E-state index contributed by atoms with van der Waals surface area (Å²) in [6.45, 7) is 5.19. The molecule has 0 bridgehead atoms. The number of hydrogen-bond acceptors (Lipinski definition) is 5. The molecule has 0 aliphatic heterocycles. The van der Waals surface area contributed by atoms with Gasteiger partial charge < -0.3 is 4.74 Å². The van der Waals surface area contributed by atoms with Crippen LogP contribution in [0.4, 0.5) is 10.5 Å². The van der Waals surface area contributed by atoms with Crippen molar-refractivity contribution >= 4 is 23.3 Å². The molecule has 6 nitrogen and oxygen atoms in total. The number of nitrogens with one attached hydrogen (secondary N) is 1. The zero-order valence-corrected chi connectivity index (χ0v) is 13.7. The van der Waals surface area contributed by atoms with Crippen LogP contribution in [-0.4, -0.2) is 28.2 Å². The van der Waals surface area contributed by atoms with Gasteiger partial charge in [-0.05, 0) is 45.0 Å². The minimum atomic E-state index is -0.750. The van der Waals surface area contributed by atoms with E-state index in [0.717, 1.165) is 0 Å². The molecular weight excluding hydrogens is 308 g/mol. The number of para-hydroxylation sites is 1. The zero-order chi connectivity index (χ0) is 17.7. The van der Waals surface area contributed by atoms with E-state index < -0.39 is 23.3 Å². The van der Waals surface area contributed by atoms with Crippen LogP contribution in [0.25, 0.3) is 0 Å². The number of hydrogen-bond donors (Lipinski definition) is 1. The standard InChI is InChI=1S/C18H18N2O4/c1-18(2,3)24-17(23)20-13-9-5-4-8-12(13)15(21)16(22)14-10-6-7-11-19-14/h4-11H,1-3H3,(H,20,23). The number of pyridine rings is 1. The van der Waals surface area contributed by atoms with E-state index in [1.165, 1.54) is 24.4 Å². The summed E-state index contributed by atoms with van der Waals surface area (Å²) < 4.78 is 5.16. The number of ketones is 2. The third kappa shape index (κ3) is 4.49. The Morgan fingerprint density at radius 2 is 1.62 bits per heavy atom. The maximum atomic E-state index is 12.5. The topological polar surface area (TPSA) is 85.4 Å². The monoisotopic (exact) mass is 326 g/mol. The summed E-state index contributed by atoms with van der Waals surface area (Å²) in [5, 5.41) is 2.50. The van der Waals surface area contributed by atoms with Crippen molar-refractivity contribution in [3.63, 3.8) is 0 Å². The fraction of sp³-hybridized carbons (Fsp3) is 0.222. The van der Waals surface area contributed by atoms with Gasteiger partial charge in [-0.2, -0.15) is 0 Å². The van der Waals surface area contributed by atoms with Crippen molar-refractivity contribution in [3.8, 4) is 0 Å². The Morgan fingerprint density at radius 3 is 2.25 bits per heavy atom. The fourth-order valence-corrected chi connectivity index (χ4v) is 1.94. The Kier molecular flexibility index (Phi) is 5.08. The second-order valence-corrected chi connectivity index (χ2v) is 6.05. The molecule has 1 N–H and O–H groups in total. The van der Waals surface area contributed by atoms with Crippen LogP contribution in [0.2, 0.25) is 0 Å². The molecule has 0 spiro atoms. The van der Waals surface area contributed by atoms with Gasteiger partial charge in [-0.1, -0.05) is 18.2 Å². The van der Waals surface area contributed by atoms with Crippen LogP contribution in [-0.2, 0) is 4.74 Å². The predicted molar refractivity (Wildman–Crippen MR) is 89.2 cm³/mol. The first-order chi connectivity index (χ1) is 11.3. The minimum absolute atomic E-state index is 0.0505. The molecule has 0 saturated heterocycles. The smallest absolute Gasteiger partial charge is 0.412 e. The van der Waals surface area contributed by atoms with Crippen LogP contribution in [0.3, 0.4) is 0 Å². The number of benzene rings is 1. The number of aromatic nitrogens is 1. The van der Waals surface area contributed by atoms with E-state index >= 15 is 0 Å². The molecule has 0 fully saturated rings. The Hall–Kier alpha value is -3.02. The lowest BCUT2D eigenvalue weighted by molar-refractivity contribution is 0.0635. The van der Waals surface area contributed by atoms with Crippen molar-refractivity contribution in [1.82, 2.24) is 4.98 Å². The number of carbonyl (C=O) groups is 3. The van der Waals surface area contributed by atoms with Gasteiger partial charge >= 0.3 is 6.09 Å². The van der Waals surface area contributed by atoms with Gasteiger partial charge in [0.2, 0.25) is 5.78 Å². The molecule has 0 unspecified atom stereocenters. The lowest BCUT2D eigenvalue weighted by atomic mass is 10.0. The Labute approximate surface area is 139 Å². The average molecular weight is 326 g/mol. The number of amides is 1. The van der Waals surface area contributed by atoms with Crippen LogP contribution in [0.1, 0.15) is 41.6 Å². The summed E-state index contributed by atoms with van der Waals surface area (Å²) in [6, 6.07) is 11.0. The third-order valence-electron chi connectivity index (χ3n) is 2.91. The fourth-order valence-electron chi connectivity index (χ4n) is 1.94. The van der Waals surface area contributed by atoms with Gasteiger partial charge in [0.25, 0.3) is 5.78 Å². The summed E-state index contributed by atoms with van der Waals surface area (Å²) in [5.74, 6) is -1.49. The van der Waals surface area contributed by atoms with Crippen LogP contribution in [0, 0.1) is 0 Å². The highest BCUT2D eigenvalue weighted by molar-refractivity contribution is 6.49. The molecule has 1 aromatic heterocycles. The number of ether oxygens (including phenoxy) is 1. The van der Waals surface area contributed by atoms with E-state index in [4.69, 9.17) is 4.74 Å². The second kappa shape index (κ2) is 7.04. The highest BCUT2D eigenvalue weighted by Crippen LogP contribution is 2.19. The number of anilines is 1. The lowest BCUT2D eigenvalue weighted by Gasteiger charge is -2.20. The van der Waals surface area contributed by atoms with E-state index in [1.807, 2.05) is 0 Å². The van der Waals surface area contributed by atoms with E-state index in [9.17, 15) is 14.4 Å². The molecule has 2 aromatic rings. The van der Waals surface area contributed by atoms with Crippen LogP contribution in [0.15, 0.2) is 48.7 Å². The number of carbonyl (C=O) groups excluding carboxylic acids is 3. The average Bonchev–Trinajstić information content (AvgIpc) is 2.53. The van der Waals surface area contributed by atoms with E-state index in [0.29, 0.717) is 0 Å². The van der Waals surface area contributed by atoms with Gasteiger partial charge in [0.05, 0.1) is 5.69 Å². The van der Waals surface area contributed by atoms with Gasteiger partial charge in [-0.15, -0.1) is 0 Å². The van der Waals surface area contributed by atoms with Crippen molar-refractivity contribution in [2.75, 3.05) is 5.32 Å². The molecule has 1 amide bonds. The molecular formula is C18H18N2O4. The van der Waals surface area contributed by atoms with Gasteiger partial charge in [0.15, 0.2) is 0 Å². The molecule has 6 heteroatoms. The maximum Gasteiger partial charge on any atom is 0.412 e. The number of nitrogens with zero attached hydrogens (tertiary/aromatic N) is 1. The van der Waals surface area contributed by atoms with Crippen LogP contribution in [0.5, 0.6) is 0 Å². The van der Waals surface area contributed by atoms with E-state index in [1.54, 1.807) is 45.0 Å². The van der Waals surface area contributed by atoms with Crippen molar-refractivity contribution in [2.45, 2.75) is 26.4 Å². The van der Waals surface area contributed by atoms with Crippen LogP contribution < -0.4 is 5.32 Å². The molecule has 0 aliphatic carbocycles. The SMILES string of the molecule is CC(C)(C)OC(=O)Nc1ccccc1C(=O)C(=O)c1ccccn1. The van der Waals surface area contributed by atoms with E-state index in [2.05, 4.69) is 10.3 Å². The molecule has 2 rings (SSSR count). The first-order valence-electron chi connectivity index (χ1n) is 7.37. The first-order valence-corrected chi connectivity index (χ1v) is 7.37. The second-order valence-electron chi connectivity index (χ2n) is 6.05. The first kappa shape index (κ1) is 17.3. The Morgan fingerprint density at radius 1 is 0.958 bits per heavy atom. The summed E-state index contributed by atoms with van der Waals surface area (Å²) in [5.41, 5.74) is -0.332. The molecule has 124 valence electrons.